The summed E-state index contributed by atoms with van der Waals surface area (Å²) in [5.74, 6) is 0.813. The average molecular weight is 327 g/mol. The second-order valence-corrected chi connectivity index (χ2v) is 5.88. The Bertz CT molecular complexity index is 644. The molecule has 5 heteroatoms. The average Bonchev–Trinajstić information content (AvgIpc) is 2.58. The lowest BCUT2D eigenvalue weighted by atomic mass is 10.1. The maximum atomic E-state index is 12.2. The van der Waals surface area contributed by atoms with E-state index in [0.29, 0.717) is 6.54 Å². The molecule has 0 aliphatic carbocycles. The van der Waals surface area contributed by atoms with Crippen molar-refractivity contribution in [1.82, 2.24) is 15.6 Å². The molecule has 1 unspecified atom stereocenters. The first-order valence-electron chi connectivity index (χ1n) is 8.28. The van der Waals surface area contributed by atoms with Crippen molar-refractivity contribution < 1.29 is 9.53 Å². The van der Waals surface area contributed by atoms with Crippen molar-refractivity contribution in [3.05, 3.63) is 59.9 Å². The number of nitrogens with one attached hydrogen (secondary N) is 2. The Labute approximate surface area is 143 Å². The van der Waals surface area contributed by atoms with E-state index in [4.69, 9.17) is 4.74 Å². The molecule has 2 amide bonds. The Morgan fingerprint density at radius 2 is 1.96 bits per heavy atom. The lowest BCUT2D eigenvalue weighted by Gasteiger charge is -2.18. The zero-order valence-electron chi connectivity index (χ0n) is 14.5. The number of amides is 2. The lowest BCUT2D eigenvalue weighted by molar-refractivity contribution is 0.235. The highest BCUT2D eigenvalue weighted by Gasteiger charge is 2.12. The molecule has 0 bridgehead atoms. The Morgan fingerprint density at radius 3 is 2.62 bits per heavy atom. The largest absolute Gasteiger partial charge is 0.491 e. The molecule has 0 spiro atoms. The number of benzene rings is 1. The van der Waals surface area contributed by atoms with Gasteiger partial charge in [0.15, 0.2) is 0 Å². The molecule has 0 saturated heterocycles. The Balaban J connectivity index is 1.88. The molecule has 0 radical (unpaired) electrons. The van der Waals surface area contributed by atoms with Crippen LogP contribution in [0.1, 0.15) is 44.4 Å². The fourth-order valence-corrected chi connectivity index (χ4v) is 2.41. The number of aromatic nitrogens is 1. The molecule has 0 fully saturated rings. The molecule has 2 N–H and O–H groups in total. The van der Waals surface area contributed by atoms with Gasteiger partial charge in [0.1, 0.15) is 5.75 Å². The minimum Gasteiger partial charge on any atom is -0.491 e. The number of nitrogens with zero attached hydrogens (tertiary/aromatic N) is 1. The first-order valence-corrected chi connectivity index (χ1v) is 8.28. The van der Waals surface area contributed by atoms with Crippen LogP contribution in [0.2, 0.25) is 0 Å². The van der Waals surface area contributed by atoms with Crippen LogP contribution in [0.5, 0.6) is 5.75 Å². The molecule has 2 rings (SSSR count). The van der Waals surface area contributed by atoms with Crippen LogP contribution in [0, 0.1) is 0 Å². The van der Waals surface area contributed by atoms with Crippen LogP contribution < -0.4 is 15.4 Å². The van der Waals surface area contributed by atoms with Crippen molar-refractivity contribution in [2.45, 2.75) is 45.9 Å². The molecule has 1 aromatic carbocycles. The molecule has 2 aromatic rings. The lowest BCUT2D eigenvalue weighted by Crippen LogP contribution is -2.37. The minimum absolute atomic E-state index is 0.0244. The van der Waals surface area contributed by atoms with E-state index in [-0.39, 0.29) is 18.2 Å². The summed E-state index contributed by atoms with van der Waals surface area (Å²) in [4.78, 5) is 16.2. The quantitative estimate of drug-likeness (QED) is 0.812. The first-order chi connectivity index (χ1) is 11.6. The molecule has 1 aromatic heterocycles. The molecule has 0 aliphatic rings. The van der Waals surface area contributed by atoms with Gasteiger partial charge in [0, 0.05) is 18.9 Å². The van der Waals surface area contributed by atoms with E-state index >= 15 is 0 Å². The SMILES string of the molecule is CCC(NC(=O)NCc1cccc(OC(C)C)c1)c1ccncc1. The van der Waals surface area contributed by atoms with Crippen LogP contribution in [-0.2, 0) is 6.54 Å². The highest BCUT2D eigenvalue weighted by molar-refractivity contribution is 5.74. The number of ether oxygens (including phenoxy) is 1. The minimum atomic E-state index is -0.186. The van der Waals surface area contributed by atoms with E-state index < -0.39 is 0 Å². The number of urea groups is 1. The molecule has 128 valence electrons. The van der Waals surface area contributed by atoms with E-state index in [1.807, 2.05) is 57.2 Å². The molecule has 0 aliphatic heterocycles. The van der Waals surface area contributed by atoms with Gasteiger partial charge in [-0.25, -0.2) is 4.79 Å². The topological polar surface area (TPSA) is 63.2 Å². The summed E-state index contributed by atoms with van der Waals surface area (Å²) in [6.07, 6.45) is 4.41. The van der Waals surface area contributed by atoms with E-state index in [1.165, 1.54) is 0 Å². The fourth-order valence-electron chi connectivity index (χ4n) is 2.41. The summed E-state index contributed by atoms with van der Waals surface area (Å²) in [5, 5.41) is 5.88. The number of rotatable bonds is 7. The molecule has 24 heavy (non-hydrogen) atoms. The van der Waals surface area contributed by atoms with E-state index in [9.17, 15) is 4.79 Å². The molecular weight excluding hydrogens is 302 g/mol. The van der Waals surface area contributed by atoms with E-state index in [1.54, 1.807) is 12.4 Å². The van der Waals surface area contributed by atoms with Gasteiger partial charge in [0.05, 0.1) is 12.1 Å². The van der Waals surface area contributed by atoms with Crippen molar-refractivity contribution in [3.63, 3.8) is 0 Å². The van der Waals surface area contributed by atoms with Crippen LogP contribution in [0.25, 0.3) is 0 Å². The zero-order valence-corrected chi connectivity index (χ0v) is 14.5. The number of carbonyl (C=O) groups excluding carboxylic acids is 1. The molecule has 1 atom stereocenters. The monoisotopic (exact) mass is 327 g/mol. The summed E-state index contributed by atoms with van der Waals surface area (Å²) in [5.41, 5.74) is 2.05. The second-order valence-electron chi connectivity index (χ2n) is 5.88. The van der Waals surface area contributed by atoms with Crippen LogP contribution in [0.4, 0.5) is 4.79 Å². The van der Waals surface area contributed by atoms with Gasteiger partial charge >= 0.3 is 6.03 Å². The second kappa shape index (κ2) is 8.91. The summed E-state index contributed by atoms with van der Waals surface area (Å²) in [6, 6.07) is 11.4. The zero-order chi connectivity index (χ0) is 17.4. The summed E-state index contributed by atoms with van der Waals surface area (Å²) >= 11 is 0. The van der Waals surface area contributed by atoms with Gasteiger partial charge in [-0.2, -0.15) is 0 Å². The molecular formula is C19H25N3O2. The van der Waals surface area contributed by atoms with Crippen molar-refractivity contribution in [1.29, 1.82) is 0 Å². The first kappa shape index (κ1) is 17.8. The predicted octanol–water partition coefficient (Wildman–Crippen LogP) is 3.82. The third kappa shape index (κ3) is 5.57. The van der Waals surface area contributed by atoms with Gasteiger partial charge in [0.2, 0.25) is 0 Å². The van der Waals surface area contributed by atoms with E-state index in [0.717, 1.165) is 23.3 Å². The third-order valence-electron chi connectivity index (χ3n) is 3.55. The standard InChI is InChI=1S/C19H25N3O2/c1-4-18(16-8-10-20-11-9-16)22-19(23)21-13-15-6-5-7-17(12-15)24-14(2)3/h5-12,14,18H,4,13H2,1-3H3,(H2,21,22,23). The number of hydrogen-bond donors (Lipinski definition) is 2. The third-order valence-corrected chi connectivity index (χ3v) is 3.55. The van der Waals surface area contributed by atoms with Crippen LogP contribution in [0.3, 0.4) is 0 Å². The fraction of sp³-hybridized carbons (Fsp3) is 0.368. The van der Waals surface area contributed by atoms with Gasteiger partial charge < -0.3 is 15.4 Å². The normalized spacial score (nSPS) is 11.8. The molecule has 1 heterocycles. The maximum Gasteiger partial charge on any atom is 0.315 e. The van der Waals surface area contributed by atoms with Gasteiger partial charge in [-0.05, 0) is 55.7 Å². The van der Waals surface area contributed by atoms with Crippen molar-refractivity contribution >= 4 is 6.03 Å². The number of pyridine rings is 1. The van der Waals surface area contributed by atoms with Gasteiger partial charge in [-0.15, -0.1) is 0 Å². The Morgan fingerprint density at radius 1 is 1.21 bits per heavy atom. The van der Waals surface area contributed by atoms with Gasteiger partial charge in [-0.3, -0.25) is 4.98 Å². The highest BCUT2D eigenvalue weighted by atomic mass is 16.5. The summed E-state index contributed by atoms with van der Waals surface area (Å²) < 4.78 is 5.67. The predicted molar refractivity (Wildman–Crippen MR) is 94.8 cm³/mol. The Kier molecular flexibility index (Phi) is 6.61. The number of carbonyl (C=O) groups is 1. The molecule has 5 nitrogen and oxygen atoms in total. The Hall–Kier alpha value is -2.56. The van der Waals surface area contributed by atoms with Gasteiger partial charge in [-0.1, -0.05) is 19.1 Å². The number of hydrogen-bond acceptors (Lipinski definition) is 3. The van der Waals surface area contributed by atoms with Crippen LogP contribution in [-0.4, -0.2) is 17.1 Å². The summed E-state index contributed by atoms with van der Waals surface area (Å²) in [7, 11) is 0. The van der Waals surface area contributed by atoms with Crippen molar-refractivity contribution in [2.24, 2.45) is 0 Å². The molecule has 0 saturated carbocycles. The summed E-state index contributed by atoms with van der Waals surface area (Å²) in [6.45, 7) is 6.47. The maximum absolute atomic E-state index is 12.2. The van der Waals surface area contributed by atoms with Crippen molar-refractivity contribution in [3.8, 4) is 5.75 Å². The highest BCUT2D eigenvalue weighted by Crippen LogP contribution is 2.16. The van der Waals surface area contributed by atoms with Crippen LogP contribution in [0.15, 0.2) is 48.8 Å². The van der Waals surface area contributed by atoms with Crippen molar-refractivity contribution in [2.75, 3.05) is 0 Å². The van der Waals surface area contributed by atoms with Gasteiger partial charge in [0.25, 0.3) is 0 Å². The smallest absolute Gasteiger partial charge is 0.315 e. The van der Waals surface area contributed by atoms with Crippen LogP contribution >= 0.6 is 0 Å². The van der Waals surface area contributed by atoms with E-state index in [2.05, 4.69) is 15.6 Å².